The van der Waals surface area contributed by atoms with Gasteiger partial charge in [-0.25, -0.2) is 0 Å². The number of hydrogen-bond donors (Lipinski definition) is 0. The average Bonchev–Trinajstić information content (AvgIpc) is 3.03. The molecule has 0 bridgehead atoms. The summed E-state index contributed by atoms with van der Waals surface area (Å²) >= 11 is 0. The summed E-state index contributed by atoms with van der Waals surface area (Å²) in [5, 5.41) is 5.86. The lowest BCUT2D eigenvalue weighted by Gasteiger charge is -2.17. The van der Waals surface area contributed by atoms with Gasteiger partial charge in [-0.05, 0) is 69.8 Å². The van der Waals surface area contributed by atoms with Gasteiger partial charge in [0, 0.05) is 0 Å². The van der Waals surface area contributed by atoms with Crippen LogP contribution in [0.3, 0.4) is 0 Å². The van der Waals surface area contributed by atoms with Crippen molar-refractivity contribution in [3.05, 3.63) is 59.2 Å². The van der Waals surface area contributed by atoms with Crippen molar-refractivity contribution in [2.24, 2.45) is 0 Å². The zero-order valence-corrected chi connectivity index (χ0v) is 13.7. The monoisotopic (exact) mass is 288 g/mol. The van der Waals surface area contributed by atoms with Crippen molar-refractivity contribution in [3.8, 4) is 0 Å². The summed E-state index contributed by atoms with van der Waals surface area (Å²) in [7, 11) is 0. The van der Waals surface area contributed by atoms with E-state index >= 15 is 0 Å². The molecule has 0 heterocycles. The van der Waals surface area contributed by atoms with E-state index in [0.717, 1.165) is 0 Å². The summed E-state index contributed by atoms with van der Waals surface area (Å²) in [6, 6.07) is 16.3. The number of rotatable bonds is 3. The van der Waals surface area contributed by atoms with Gasteiger partial charge in [0.25, 0.3) is 0 Å². The molecule has 1 aliphatic rings. The van der Waals surface area contributed by atoms with Crippen LogP contribution in [-0.4, -0.2) is 0 Å². The molecule has 4 rings (SSSR count). The van der Waals surface area contributed by atoms with Crippen LogP contribution in [-0.2, 0) is 12.8 Å². The van der Waals surface area contributed by atoms with Gasteiger partial charge in [-0.3, -0.25) is 0 Å². The van der Waals surface area contributed by atoms with Crippen LogP contribution in [0.25, 0.3) is 21.5 Å². The van der Waals surface area contributed by atoms with Gasteiger partial charge < -0.3 is 0 Å². The Hall–Kier alpha value is -1.82. The van der Waals surface area contributed by atoms with Crippen molar-refractivity contribution in [3.63, 3.8) is 0 Å². The highest BCUT2D eigenvalue weighted by molar-refractivity contribution is 6.10. The molecule has 22 heavy (non-hydrogen) atoms. The van der Waals surface area contributed by atoms with Gasteiger partial charge >= 0.3 is 0 Å². The van der Waals surface area contributed by atoms with E-state index in [0.29, 0.717) is 5.92 Å². The maximum absolute atomic E-state index is 2.38. The second-order valence-electron chi connectivity index (χ2n) is 6.85. The van der Waals surface area contributed by atoms with Gasteiger partial charge in [0.1, 0.15) is 0 Å². The third-order valence-electron chi connectivity index (χ3n) is 5.41. The molecule has 0 saturated carbocycles. The summed E-state index contributed by atoms with van der Waals surface area (Å²) in [5.74, 6) is 0.632. The molecule has 0 N–H and O–H groups in total. The molecule has 0 radical (unpaired) electrons. The van der Waals surface area contributed by atoms with Crippen molar-refractivity contribution in [2.45, 2.75) is 51.9 Å². The SMILES string of the molecule is CCCC(C)c1cccc2ccc3c4c(ccc3c12)CCC4. The van der Waals surface area contributed by atoms with Crippen molar-refractivity contribution in [1.29, 1.82) is 0 Å². The first-order chi connectivity index (χ1) is 10.8. The fourth-order valence-electron chi connectivity index (χ4n) is 4.31. The Morgan fingerprint density at radius 1 is 0.955 bits per heavy atom. The molecule has 0 amide bonds. The fourth-order valence-corrected chi connectivity index (χ4v) is 4.31. The second-order valence-corrected chi connectivity index (χ2v) is 6.85. The van der Waals surface area contributed by atoms with Crippen LogP contribution in [0.5, 0.6) is 0 Å². The van der Waals surface area contributed by atoms with Gasteiger partial charge in [-0.15, -0.1) is 0 Å². The van der Waals surface area contributed by atoms with Crippen LogP contribution < -0.4 is 0 Å². The minimum atomic E-state index is 0.632. The molecular formula is C22H24. The molecule has 0 aromatic heterocycles. The topological polar surface area (TPSA) is 0 Å². The van der Waals surface area contributed by atoms with Gasteiger partial charge in [-0.1, -0.05) is 62.7 Å². The van der Waals surface area contributed by atoms with Crippen LogP contribution in [0.1, 0.15) is 55.7 Å². The van der Waals surface area contributed by atoms with E-state index in [1.165, 1.54) is 59.2 Å². The van der Waals surface area contributed by atoms with Gasteiger partial charge in [0.2, 0.25) is 0 Å². The van der Waals surface area contributed by atoms with Crippen LogP contribution in [0, 0.1) is 0 Å². The summed E-state index contributed by atoms with van der Waals surface area (Å²) in [6.07, 6.45) is 6.35. The van der Waals surface area contributed by atoms with E-state index < -0.39 is 0 Å². The molecule has 0 spiro atoms. The summed E-state index contributed by atoms with van der Waals surface area (Å²) in [6.45, 7) is 4.66. The minimum absolute atomic E-state index is 0.632. The molecular weight excluding hydrogens is 264 g/mol. The molecule has 1 aliphatic carbocycles. The molecule has 0 aliphatic heterocycles. The van der Waals surface area contributed by atoms with Crippen molar-refractivity contribution < 1.29 is 0 Å². The van der Waals surface area contributed by atoms with E-state index in [1.54, 1.807) is 11.1 Å². The average molecular weight is 288 g/mol. The van der Waals surface area contributed by atoms with Crippen LogP contribution >= 0.6 is 0 Å². The fraction of sp³-hybridized carbons (Fsp3) is 0.364. The number of fused-ring (bicyclic) bond motifs is 5. The summed E-state index contributed by atoms with van der Waals surface area (Å²) < 4.78 is 0. The lowest BCUT2D eigenvalue weighted by atomic mass is 9.88. The molecule has 1 atom stereocenters. The maximum atomic E-state index is 2.38. The summed E-state index contributed by atoms with van der Waals surface area (Å²) in [4.78, 5) is 0. The highest BCUT2D eigenvalue weighted by Gasteiger charge is 2.17. The third kappa shape index (κ3) is 2.05. The van der Waals surface area contributed by atoms with Crippen molar-refractivity contribution in [1.82, 2.24) is 0 Å². The predicted octanol–water partition coefficient (Wildman–Crippen LogP) is 6.39. The van der Waals surface area contributed by atoms with Crippen LogP contribution in [0.2, 0.25) is 0 Å². The first-order valence-corrected chi connectivity index (χ1v) is 8.75. The Morgan fingerprint density at radius 2 is 1.82 bits per heavy atom. The van der Waals surface area contributed by atoms with E-state index in [4.69, 9.17) is 0 Å². The number of benzene rings is 3. The zero-order valence-electron chi connectivity index (χ0n) is 13.7. The summed E-state index contributed by atoms with van der Waals surface area (Å²) in [5.41, 5.74) is 4.71. The first-order valence-electron chi connectivity index (χ1n) is 8.75. The highest BCUT2D eigenvalue weighted by atomic mass is 14.2. The lowest BCUT2D eigenvalue weighted by molar-refractivity contribution is 0.669. The molecule has 3 aromatic carbocycles. The Kier molecular flexibility index (Phi) is 3.41. The molecule has 3 aromatic rings. The smallest absolute Gasteiger partial charge is 0.00705 e. The standard InChI is InChI=1S/C22H24/c1-3-6-15(2)18-9-5-8-17-12-13-20-19-10-4-7-16(19)11-14-21(20)22(17)18/h5,8-9,11-15H,3-4,6-7,10H2,1-2H3. The molecule has 0 fully saturated rings. The third-order valence-corrected chi connectivity index (χ3v) is 5.41. The van der Waals surface area contributed by atoms with E-state index in [1.807, 2.05) is 0 Å². The van der Waals surface area contributed by atoms with Crippen LogP contribution in [0.4, 0.5) is 0 Å². The van der Waals surface area contributed by atoms with Gasteiger partial charge in [-0.2, -0.15) is 0 Å². The number of hydrogen-bond acceptors (Lipinski definition) is 0. The lowest BCUT2D eigenvalue weighted by Crippen LogP contribution is -1.96. The molecule has 0 saturated heterocycles. The highest BCUT2D eigenvalue weighted by Crippen LogP contribution is 2.37. The van der Waals surface area contributed by atoms with Crippen molar-refractivity contribution >= 4 is 21.5 Å². The first kappa shape index (κ1) is 13.8. The Bertz CT molecular complexity index is 841. The van der Waals surface area contributed by atoms with E-state index in [2.05, 4.69) is 56.3 Å². The minimum Gasteiger partial charge on any atom is -0.0654 e. The molecule has 112 valence electrons. The molecule has 0 heteroatoms. The second kappa shape index (κ2) is 5.43. The Balaban J connectivity index is 2.06. The van der Waals surface area contributed by atoms with Gasteiger partial charge in [0.05, 0.1) is 0 Å². The predicted molar refractivity (Wildman–Crippen MR) is 96.8 cm³/mol. The van der Waals surface area contributed by atoms with Gasteiger partial charge in [0.15, 0.2) is 0 Å². The largest absolute Gasteiger partial charge is 0.0654 e. The quantitative estimate of drug-likeness (QED) is 0.490. The Morgan fingerprint density at radius 3 is 2.68 bits per heavy atom. The maximum Gasteiger partial charge on any atom is -0.00705 e. The Labute approximate surface area is 133 Å². The van der Waals surface area contributed by atoms with E-state index in [9.17, 15) is 0 Å². The van der Waals surface area contributed by atoms with E-state index in [-0.39, 0.29) is 0 Å². The van der Waals surface area contributed by atoms with Crippen molar-refractivity contribution in [2.75, 3.05) is 0 Å². The van der Waals surface area contributed by atoms with Crippen LogP contribution in [0.15, 0.2) is 42.5 Å². The zero-order chi connectivity index (χ0) is 15.1. The normalized spacial score (nSPS) is 15.4. The number of aryl methyl sites for hydroxylation is 2. The molecule has 0 nitrogen and oxygen atoms in total. The molecule has 1 unspecified atom stereocenters.